The molecule has 1 heterocycles. The molecule has 0 aliphatic heterocycles. The van der Waals surface area contributed by atoms with Crippen molar-refractivity contribution in [3.8, 4) is 16.9 Å². The molecule has 2 aromatic rings. The van der Waals surface area contributed by atoms with Gasteiger partial charge in [-0.3, -0.25) is 9.78 Å². The van der Waals surface area contributed by atoms with Gasteiger partial charge in [-0.05, 0) is 30.7 Å². The predicted octanol–water partition coefficient (Wildman–Crippen LogP) is 2.85. The molecule has 5 nitrogen and oxygen atoms in total. The van der Waals surface area contributed by atoms with Gasteiger partial charge in [0, 0.05) is 30.4 Å². The molecule has 22 heavy (non-hydrogen) atoms. The van der Waals surface area contributed by atoms with Crippen LogP contribution in [0.3, 0.4) is 0 Å². The summed E-state index contributed by atoms with van der Waals surface area (Å²) >= 11 is 0. The number of carbonyl (C=O) groups excluding carboxylic acids is 1. The van der Waals surface area contributed by atoms with Crippen LogP contribution in [0, 0.1) is 0 Å². The molecule has 0 spiro atoms. The number of anilines is 1. The monoisotopic (exact) mass is 321 g/mol. The molecular formula is C16H20ClN3O2. The number of halogens is 1. The fraction of sp³-hybridized carbons (Fsp3) is 0.250. The molecule has 0 bridgehead atoms. The Hall–Kier alpha value is -2.11. The van der Waals surface area contributed by atoms with Gasteiger partial charge in [-0.2, -0.15) is 0 Å². The molecule has 1 atom stereocenters. The molecule has 1 amide bonds. The maximum Gasteiger partial charge on any atom is 0.226 e. The van der Waals surface area contributed by atoms with E-state index in [-0.39, 0.29) is 30.8 Å². The van der Waals surface area contributed by atoms with Crippen molar-refractivity contribution in [3.63, 3.8) is 0 Å². The lowest BCUT2D eigenvalue weighted by Gasteiger charge is -2.13. The minimum Gasteiger partial charge on any atom is -0.495 e. The number of ether oxygens (including phenoxy) is 1. The van der Waals surface area contributed by atoms with Crippen LogP contribution < -0.4 is 15.8 Å². The minimum absolute atomic E-state index is 0. The third kappa shape index (κ3) is 4.72. The fourth-order valence-electron chi connectivity index (χ4n) is 2.01. The molecule has 1 aromatic carbocycles. The first-order valence-corrected chi connectivity index (χ1v) is 6.74. The number of nitrogens with two attached hydrogens (primary N) is 1. The van der Waals surface area contributed by atoms with E-state index in [9.17, 15) is 4.79 Å². The summed E-state index contributed by atoms with van der Waals surface area (Å²) < 4.78 is 5.28. The lowest BCUT2D eigenvalue weighted by Crippen LogP contribution is -2.24. The first-order chi connectivity index (χ1) is 10.1. The highest BCUT2D eigenvalue weighted by Gasteiger charge is 2.11. The van der Waals surface area contributed by atoms with Crippen LogP contribution in [0.25, 0.3) is 11.1 Å². The lowest BCUT2D eigenvalue weighted by atomic mass is 10.1. The Morgan fingerprint density at radius 2 is 2.14 bits per heavy atom. The summed E-state index contributed by atoms with van der Waals surface area (Å²) in [6, 6.07) is 9.27. The van der Waals surface area contributed by atoms with Crippen molar-refractivity contribution in [2.24, 2.45) is 5.73 Å². The molecule has 3 N–H and O–H groups in total. The zero-order valence-corrected chi connectivity index (χ0v) is 13.4. The van der Waals surface area contributed by atoms with Gasteiger partial charge >= 0.3 is 0 Å². The number of benzene rings is 1. The Bertz CT molecular complexity index is 618. The largest absolute Gasteiger partial charge is 0.495 e. The second kappa shape index (κ2) is 8.36. The molecule has 1 aromatic heterocycles. The lowest BCUT2D eigenvalue weighted by molar-refractivity contribution is -0.116. The Morgan fingerprint density at radius 3 is 2.73 bits per heavy atom. The molecule has 0 aliphatic carbocycles. The van der Waals surface area contributed by atoms with Gasteiger partial charge in [0.15, 0.2) is 0 Å². The molecule has 2 rings (SSSR count). The van der Waals surface area contributed by atoms with Crippen molar-refractivity contribution in [1.82, 2.24) is 4.98 Å². The second-order valence-corrected chi connectivity index (χ2v) is 4.89. The number of carbonyl (C=O) groups is 1. The molecule has 0 radical (unpaired) electrons. The highest BCUT2D eigenvalue weighted by molar-refractivity contribution is 5.93. The summed E-state index contributed by atoms with van der Waals surface area (Å²) in [4.78, 5) is 16.0. The number of aromatic nitrogens is 1. The van der Waals surface area contributed by atoms with Crippen molar-refractivity contribution < 1.29 is 9.53 Å². The molecule has 1 unspecified atom stereocenters. The molecular weight excluding hydrogens is 302 g/mol. The number of methoxy groups -OCH3 is 1. The normalized spacial score (nSPS) is 11.2. The van der Waals surface area contributed by atoms with Gasteiger partial charge in [-0.1, -0.05) is 12.1 Å². The second-order valence-electron chi connectivity index (χ2n) is 4.89. The number of nitrogens with one attached hydrogen (secondary N) is 1. The van der Waals surface area contributed by atoms with Crippen molar-refractivity contribution in [1.29, 1.82) is 0 Å². The van der Waals surface area contributed by atoms with Crippen LogP contribution >= 0.6 is 12.4 Å². The van der Waals surface area contributed by atoms with E-state index in [0.717, 1.165) is 11.1 Å². The Labute approximate surface area is 136 Å². The molecule has 0 fully saturated rings. The number of rotatable bonds is 5. The van der Waals surface area contributed by atoms with Gasteiger partial charge in [-0.15, -0.1) is 12.4 Å². The molecule has 118 valence electrons. The maximum absolute atomic E-state index is 11.9. The van der Waals surface area contributed by atoms with Gasteiger partial charge in [0.2, 0.25) is 5.91 Å². The summed E-state index contributed by atoms with van der Waals surface area (Å²) in [5, 5.41) is 2.84. The third-order valence-electron chi connectivity index (χ3n) is 2.98. The Morgan fingerprint density at radius 1 is 1.36 bits per heavy atom. The molecule has 0 aliphatic rings. The van der Waals surface area contributed by atoms with Crippen molar-refractivity contribution in [3.05, 3.63) is 42.7 Å². The minimum atomic E-state index is -0.183. The van der Waals surface area contributed by atoms with E-state index in [4.69, 9.17) is 10.5 Å². The summed E-state index contributed by atoms with van der Waals surface area (Å²) in [5.74, 6) is 0.479. The van der Waals surface area contributed by atoms with Crippen molar-refractivity contribution in [2.75, 3.05) is 12.4 Å². The van der Waals surface area contributed by atoms with E-state index in [2.05, 4.69) is 10.3 Å². The van der Waals surface area contributed by atoms with E-state index in [1.165, 1.54) is 0 Å². The van der Waals surface area contributed by atoms with Crippen molar-refractivity contribution in [2.45, 2.75) is 19.4 Å². The predicted molar refractivity (Wildman–Crippen MR) is 90.4 cm³/mol. The zero-order chi connectivity index (χ0) is 15.2. The number of amides is 1. The van der Waals surface area contributed by atoms with Crippen LogP contribution in [0.15, 0.2) is 42.7 Å². The number of hydrogen-bond acceptors (Lipinski definition) is 4. The van der Waals surface area contributed by atoms with Crippen LogP contribution in [0.1, 0.15) is 13.3 Å². The summed E-state index contributed by atoms with van der Waals surface area (Å²) in [7, 11) is 1.57. The molecule has 6 heteroatoms. The summed E-state index contributed by atoms with van der Waals surface area (Å²) in [5.41, 5.74) is 8.20. The Kier molecular flexibility index (Phi) is 6.82. The van der Waals surface area contributed by atoms with Crippen LogP contribution in [0.4, 0.5) is 5.69 Å². The zero-order valence-electron chi connectivity index (χ0n) is 12.6. The number of hydrogen-bond donors (Lipinski definition) is 2. The van der Waals surface area contributed by atoms with Gasteiger partial charge in [0.1, 0.15) is 5.75 Å². The van der Waals surface area contributed by atoms with Crippen molar-refractivity contribution >= 4 is 24.0 Å². The van der Waals surface area contributed by atoms with Crippen LogP contribution in [0.5, 0.6) is 5.75 Å². The highest BCUT2D eigenvalue weighted by atomic mass is 35.5. The fourth-order valence-corrected chi connectivity index (χ4v) is 2.01. The average Bonchev–Trinajstić information content (AvgIpc) is 2.47. The maximum atomic E-state index is 11.9. The van der Waals surface area contributed by atoms with E-state index in [1.54, 1.807) is 26.4 Å². The summed E-state index contributed by atoms with van der Waals surface area (Å²) in [6.45, 7) is 1.79. The average molecular weight is 322 g/mol. The van der Waals surface area contributed by atoms with Crippen LogP contribution in [-0.2, 0) is 4.79 Å². The number of pyridine rings is 1. The summed E-state index contributed by atoms with van der Waals surface area (Å²) in [6.07, 6.45) is 3.76. The SMILES string of the molecule is COc1ccc(-c2cccnc2)cc1NC(=O)CC(C)N.Cl. The van der Waals surface area contributed by atoms with Gasteiger partial charge in [-0.25, -0.2) is 0 Å². The van der Waals surface area contributed by atoms with E-state index >= 15 is 0 Å². The van der Waals surface area contributed by atoms with E-state index in [0.29, 0.717) is 11.4 Å². The molecule has 0 saturated carbocycles. The standard InChI is InChI=1S/C16H19N3O2.ClH/c1-11(17)8-16(20)19-14-9-12(5-6-15(14)21-2)13-4-3-7-18-10-13;/h3-7,9-11H,8,17H2,1-2H3,(H,19,20);1H. The smallest absolute Gasteiger partial charge is 0.226 e. The Balaban J connectivity index is 0.00000242. The quantitative estimate of drug-likeness (QED) is 0.887. The van der Waals surface area contributed by atoms with Gasteiger partial charge < -0.3 is 15.8 Å². The van der Waals surface area contributed by atoms with Crippen LogP contribution in [-0.4, -0.2) is 24.0 Å². The number of nitrogens with zero attached hydrogens (tertiary/aromatic N) is 1. The topological polar surface area (TPSA) is 77.2 Å². The van der Waals surface area contributed by atoms with Crippen LogP contribution in [0.2, 0.25) is 0 Å². The molecule has 0 saturated heterocycles. The first kappa shape index (κ1) is 17.9. The third-order valence-corrected chi connectivity index (χ3v) is 2.98. The highest BCUT2D eigenvalue weighted by Crippen LogP contribution is 2.30. The van der Waals surface area contributed by atoms with E-state index < -0.39 is 0 Å². The first-order valence-electron chi connectivity index (χ1n) is 6.74. The van der Waals surface area contributed by atoms with E-state index in [1.807, 2.05) is 30.3 Å². The van der Waals surface area contributed by atoms with Gasteiger partial charge in [0.25, 0.3) is 0 Å². The van der Waals surface area contributed by atoms with Gasteiger partial charge in [0.05, 0.1) is 12.8 Å².